The van der Waals surface area contributed by atoms with Crippen molar-refractivity contribution < 1.29 is 29.1 Å². The molecule has 5 heteroatoms. The third-order valence-electron chi connectivity index (χ3n) is 1.33. The van der Waals surface area contributed by atoms with Crippen molar-refractivity contribution in [1.82, 2.24) is 9.97 Å². The zero-order valence-electron chi connectivity index (χ0n) is 12.5. The summed E-state index contributed by atoms with van der Waals surface area (Å²) in [6, 6.07) is 0. The molecule has 1 rings (SSSR count). The number of hydrogen-bond acceptors (Lipinski definition) is 4. The first-order valence-corrected chi connectivity index (χ1v) is 5.34. The number of aromatic nitrogens is 2. The predicted octanol–water partition coefficient (Wildman–Crippen LogP) is 2.84. The SMILES string of the molecule is CC(C)(C)c1cnccn1.C[C-](C)C.[CH-]=O.[CH-]=O.[Ru+3]. The van der Waals surface area contributed by atoms with Gasteiger partial charge in [0, 0.05) is 24.0 Å². The molecular weight excluding hydrogens is 329 g/mol. The summed E-state index contributed by atoms with van der Waals surface area (Å²) in [5.41, 5.74) is 1.16. The molecule has 0 aliphatic carbocycles. The van der Waals surface area contributed by atoms with Crippen molar-refractivity contribution >= 4 is 13.6 Å². The van der Waals surface area contributed by atoms with Gasteiger partial charge < -0.3 is 15.5 Å². The molecule has 0 aliphatic heterocycles. The molecule has 0 aliphatic rings. The Morgan fingerprint density at radius 3 is 1.53 bits per heavy atom. The van der Waals surface area contributed by atoms with E-state index in [-0.39, 0.29) is 24.9 Å². The van der Waals surface area contributed by atoms with Crippen molar-refractivity contribution in [3.8, 4) is 0 Å². The van der Waals surface area contributed by atoms with Crippen LogP contribution in [0.15, 0.2) is 18.6 Å². The Labute approximate surface area is 130 Å². The van der Waals surface area contributed by atoms with Gasteiger partial charge in [-0.05, 0) is 0 Å². The molecule has 1 aromatic rings. The van der Waals surface area contributed by atoms with Crippen LogP contribution in [0, 0.1) is 5.92 Å². The average Bonchev–Trinajstić information content (AvgIpc) is 2.34. The monoisotopic (exact) mass is 353 g/mol. The largest absolute Gasteiger partial charge is 3.00 e. The maximum Gasteiger partial charge on any atom is 3.00 e. The molecule has 109 valence electrons. The predicted molar refractivity (Wildman–Crippen MR) is 74.5 cm³/mol. The molecule has 0 unspecified atom stereocenters. The Kier molecular flexibility index (Phi) is 23.8. The standard InChI is InChI=1S/C8H12N2.C4H9.2CHO.Ru/c1-8(2,3)7-6-9-4-5-10-7;1-4(2)3;2*1-2;/h4-6H,1-3H3;1-3H3;2*1H;/q;3*-1;+3. The molecule has 0 saturated carbocycles. The van der Waals surface area contributed by atoms with Gasteiger partial charge in [0.25, 0.3) is 0 Å². The summed E-state index contributed by atoms with van der Waals surface area (Å²) < 4.78 is 0. The molecule has 0 fully saturated rings. The van der Waals surface area contributed by atoms with E-state index in [1.54, 1.807) is 18.6 Å². The van der Waals surface area contributed by atoms with Crippen molar-refractivity contribution in [2.75, 3.05) is 0 Å². The maximum atomic E-state index is 7.75. The molecule has 1 radical (unpaired) electrons. The van der Waals surface area contributed by atoms with Crippen LogP contribution >= 0.6 is 0 Å². The zero-order chi connectivity index (χ0) is 15.2. The van der Waals surface area contributed by atoms with E-state index in [0.29, 0.717) is 0 Å². The van der Waals surface area contributed by atoms with Gasteiger partial charge in [0.15, 0.2) is 0 Å². The van der Waals surface area contributed by atoms with Crippen LogP contribution in [0.4, 0.5) is 0 Å². The fourth-order valence-corrected chi connectivity index (χ4v) is 0.686. The molecule has 0 N–H and O–H groups in total. The summed E-state index contributed by atoms with van der Waals surface area (Å²) in [7, 11) is 0. The average molecular weight is 352 g/mol. The number of hydrogen-bond donors (Lipinski definition) is 0. The molecule has 0 amide bonds. The van der Waals surface area contributed by atoms with E-state index in [9.17, 15) is 0 Å². The van der Waals surface area contributed by atoms with Gasteiger partial charge in [-0.15, -0.1) is 0 Å². The summed E-state index contributed by atoms with van der Waals surface area (Å²) >= 11 is 0. The Hall–Kier alpha value is -0.957. The molecule has 1 aromatic heterocycles. The van der Waals surface area contributed by atoms with Crippen LogP contribution in [0.2, 0.25) is 0 Å². The van der Waals surface area contributed by atoms with Gasteiger partial charge in [0.2, 0.25) is 0 Å². The van der Waals surface area contributed by atoms with Crippen molar-refractivity contribution in [3.05, 3.63) is 30.2 Å². The summed E-state index contributed by atoms with van der Waals surface area (Å²) in [5, 5.41) is 0. The summed E-state index contributed by atoms with van der Waals surface area (Å²) in [5.74, 6) is 1.42. The topological polar surface area (TPSA) is 59.9 Å². The van der Waals surface area contributed by atoms with Gasteiger partial charge in [-0.1, -0.05) is 20.8 Å². The first-order chi connectivity index (χ1) is 8.34. The fraction of sp³-hybridized carbons (Fsp3) is 0.500. The normalized spacial score (nSPS) is 8.37. The van der Waals surface area contributed by atoms with Gasteiger partial charge in [0.05, 0.1) is 5.69 Å². The summed E-state index contributed by atoms with van der Waals surface area (Å²) in [6.45, 7) is 19.1. The minimum Gasteiger partial charge on any atom is -0.545 e. The van der Waals surface area contributed by atoms with E-state index in [1.807, 2.05) is 0 Å². The van der Waals surface area contributed by atoms with E-state index in [4.69, 9.17) is 9.59 Å². The number of carbonyl (C=O) groups excluding carboxylic acids is 2. The Bertz CT molecular complexity index is 270. The molecule has 19 heavy (non-hydrogen) atoms. The first kappa shape index (κ1) is 26.6. The van der Waals surface area contributed by atoms with Crippen molar-refractivity contribution in [2.45, 2.75) is 47.0 Å². The van der Waals surface area contributed by atoms with Crippen LogP contribution in [-0.4, -0.2) is 23.5 Å². The summed E-state index contributed by atoms with van der Waals surface area (Å²) in [4.78, 5) is 23.7. The molecule has 0 saturated heterocycles. The van der Waals surface area contributed by atoms with E-state index < -0.39 is 0 Å². The van der Waals surface area contributed by atoms with Gasteiger partial charge in [-0.3, -0.25) is 23.5 Å². The van der Waals surface area contributed by atoms with Crippen LogP contribution in [0.25, 0.3) is 0 Å². The molecular formula is C14H23N2O2Ru. The van der Waals surface area contributed by atoms with Crippen LogP contribution in [0.3, 0.4) is 0 Å². The fourth-order valence-electron chi connectivity index (χ4n) is 0.686. The first-order valence-electron chi connectivity index (χ1n) is 5.34. The summed E-state index contributed by atoms with van der Waals surface area (Å²) in [6.07, 6.45) is 5.22. The molecule has 4 nitrogen and oxygen atoms in total. The molecule has 1 heterocycles. The minimum absolute atomic E-state index is 0. The smallest absolute Gasteiger partial charge is 0.545 e. The number of rotatable bonds is 0. The van der Waals surface area contributed by atoms with Gasteiger partial charge in [-0.25, -0.2) is 0 Å². The molecule has 0 atom stereocenters. The zero-order valence-corrected chi connectivity index (χ0v) is 14.2. The Morgan fingerprint density at radius 1 is 1.00 bits per heavy atom. The van der Waals surface area contributed by atoms with Gasteiger partial charge >= 0.3 is 19.5 Å². The third-order valence-corrected chi connectivity index (χ3v) is 1.33. The molecule has 0 bridgehead atoms. The maximum absolute atomic E-state index is 7.75. The van der Waals surface area contributed by atoms with Crippen LogP contribution in [0.1, 0.15) is 47.2 Å². The van der Waals surface area contributed by atoms with E-state index in [0.717, 1.165) is 5.69 Å². The van der Waals surface area contributed by atoms with Gasteiger partial charge in [0.1, 0.15) is 0 Å². The Balaban J connectivity index is -0.000000107. The van der Waals surface area contributed by atoms with Crippen molar-refractivity contribution in [3.63, 3.8) is 0 Å². The van der Waals surface area contributed by atoms with E-state index in [1.165, 1.54) is 5.92 Å². The third kappa shape index (κ3) is 22.7. The number of nitrogens with zero attached hydrogens (tertiary/aromatic N) is 2. The van der Waals surface area contributed by atoms with E-state index in [2.05, 4.69) is 65.1 Å². The van der Waals surface area contributed by atoms with Crippen LogP contribution < -0.4 is 0 Å². The van der Waals surface area contributed by atoms with Crippen molar-refractivity contribution in [1.29, 1.82) is 0 Å². The second kappa shape index (κ2) is 17.0. The Morgan fingerprint density at radius 2 is 1.37 bits per heavy atom. The quantitative estimate of drug-likeness (QED) is 0.409. The van der Waals surface area contributed by atoms with Crippen LogP contribution in [0.5, 0.6) is 0 Å². The van der Waals surface area contributed by atoms with E-state index >= 15 is 0 Å². The second-order valence-corrected chi connectivity index (χ2v) is 4.84. The molecule has 0 aromatic carbocycles. The van der Waals surface area contributed by atoms with Gasteiger partial charge in [-0.2, -0.15) is 20.8 Å². The minimum atomic E-state index is 0. The van der Waals surface area contributed by atoms with Crippen molar-refractivity contribution in [2.24, 2.45) is 0 Å². The van der Waals surface area contributed by atoms with Crippen LogP contribution in [-0.2, 0) is 34.5 Å². The molecule has 0 spiro atoms. The second-order valence-electron chi connectivity index (χ2n) is 4.84.